The van der Waals surface area contributed by atoms with Crippen LogP contribution in [-0.2, 0) is 36.5 Å². The number of hydrogen-bond donors (Lipinski definition) is 0. The van der Waals surface area contributed by atoms with Gasteiger partial charge < -0.3 is 0 Å². The predicted molar refractivity (Wildman–Crippen MR) is 23.0 cm³/mol. The van der Waals surface area contributed by atoms with Gasteiger partial charge in [0.25, 0.3) is 0 Å². The molecule has 0 aliphatic carbocycles. The van der Waals surface area contributed by atoms with Crippen molar-refractivity contribution < 1.29 is 36.5 Å². The molecular formula is CaFeKMgSeZn. The van der Waals surface area contributed by atoms with Crippen molar-refractivity contribution in [2.75, 3.05) is 0 Å². The van der Waals surface area contributed by atoms with Gasteiger partial charge in [-0.15, -0.1) is 0 Å². The predicted octanol–water partition coefficient (Wildman–Crippen LogP) is -1.53. The van der Waals surface area contributed by atoms with Crippen LogP contribution in [0.25, 0.3) is 0 Å². The molecule has 6 heteroatoms. The number of rotatable bonds is 0. The molecule has 0 nitrogen and oxygen atoms in total. The van der Waals surface area contributed by atoms with Gasteiger partial charge >= 0.3 is 0 Å². The van der Waals surface area contributed by atoms with E-state index in [9.17, 15) is 0 Å². The molecule has 7 radical (unpaired) electrons. The molecule has 0 rings (SSSR count). The van der Waals surface area contributed by atoms with Crippen molar-refractivity contribution in [2.45, 2.75) is 0 Å². The Labute approximate surface area is 161 Å². The summed E-state index contributed by atoms with van der Waals surface area (Å²) in [5.74, 6) is 0. The summed E-state index contributed by atoms with van der Waals surface area (Å²) in [6.45, 7) is 0. The van der Waals surface area contributed by atoms with Crippen LogP contribution in [0.1, 0.15) is 0 Å². The van der Waals surface area contributed by atoms with Crippen LogP contribution >= 0.6 is 0 Å². The molecule has 6 heavy (non-hydrogen) atoms. The normalized spacial score (nSPS) is 0. The molecule has 0 saturated heterocycles. The summed E-state index contributed by atoms with van der Waals surface area (Å²) in [5.41, 5.74) is 0. The molecule has 0 aliphatic rings. The molecule has 21 valence electrons. The van der Waals surface area contributed by atoms with Crippen LogP contribution in [-0.4, -0.2) is 129 Å². The average molecular weight is 304 g/mol. The van der Waals surface area contributed by atoms with E-state index >= 15 is 0 Å². The summed E-state index contributed by atoms with van der Waals surface area (Å²) >= 11 is 0. The van der Waals surface area contributed by atoms with Crippen molar-refractivity contribution in [3.63, 3.8) is 0 Å². The van der Waals surface area contributed by atoms with Gasteiger partial charge in [-0.3, -0.25) is 0 Å². The summed E-state index contributed by atoms with van der Waals surface area (Å²) in [6, 6.07) is 0. The number of hydrogen-bond acceptors (Lipinski definition) is 0. The van der Waals surface area contributed by atoms with E-state index in [1.165, 1.54) is 0 Å². The molecule has 0 aromatic carbocycles. The quantitative estimate of drug-likeness (QED) is 0.477. The van der Waals surface area contributed by atoms with E-state index < -0.39 is 0 Å². The minimum Gasteiger partial charge on any atom is 0 e. The molecule has 0 aromatic rings. The van der Waals surface area contributed by atoms with Gasteiger partial charge in [-0.05, 0) is 0 Å². The van der Waals surface area contributed by atoms with Gasteiger partial charge in [-0.2, -0.15) is 0 Å². The minimum absolute atomic E-state index is 0. The Morgan fingerprint density at radius 2 is 1.00 bits per heavy atom. The Kier molecular flexibility index (Phi) is 225. The van der Waals surface area contributed by atoms with Crippen LogP contribution < -0.4 is 0 Å². The Balaban J connectivity index is 0. The molecule has 0 atom stereocenters. The Bertz CT molecular complexity index is 15.5. The second kappa shape index (κ2) is 31.7. The van der Waals surface area contributed by atoms with Crippen molar-refractivity contribution in [1.29, 1.82) is 0 Å². The van der Waals surface area contributed by atoms with Gasteiger partial charge in [0.1, 0.15) is 0 Å². The van der Waals surface area contributed by atoms with E-state index in [1.807, 2.05) is 0 Å². The maximum Gasteiger partial charge on any atom is 0 e. The van der Waals surface area contributed by atoms with Crippen LogP contribution in [0.2, 0.25) is 0 Å². The molecule has 0 heterocycles. The third kappa shape index (κ3) is 22.8. The molecule has 0 saturated carbocycles. The molecule has 0 aliphatic heterocycles. The third-order valence-corrected chi connectivity index (χ3v) is 0. The topological polar surface area (TPSA) is 0 Å². The van der Waals surface area contributed by atoms with E-state index in [2.05, 4.69) is 0 Å². The monoisotopic (exact) mass is 303 g/mol. The van der Waals surface area contributed by atoms with E-state index in [1.54, 1.807) is 0 Å². The van der Waals surface area contributed by atoms with E-state index in [-0.39, 0.29) is 166 Å². The molecule has 0 spiro atoms. The van der Waals surface area contributed by atoms with E-state index in [4.69, 9.17) is 0 Å². The van der Waals surface area contributed by atoms with E-state index in [0.29, 0.717) is 0 Å². The van der Waals surface area contributed by atoms with Gasteiger partial charge in [-0.25, -0.2) is 0 Å². The molecular weight excluding hydrogens is 304 g/mol. The second-order valence-electron chi connectivity index (χ2n) is 0. The zero-order valence-corrected chi connectivity index (χ0v) is 16.4. The summed E-state index contributed by atoms with van der Waals surface area (Å²) in [4.78, 5) is 0. The molecule has 0 N–H and O–H groups in total. The van der Waals surface area contributed by atoms with Gasteiger partial charge in [-0.1, -0.05) is 0 Å². The Morgan fingerprint density at radius 1 is 1.00 bits per heavy atom. The van der Waals surface area contributed by atoms with Crippen molar-refractivity contribution in [1.82, 2.24) is 0 Å². The van der Waals surface area contributed by atoms with Crippen LogP contribution in [0.4, 0.5) is 0 Å². The molecule has 0 unspecified atom stereocenters. The Morgan fingerprint density at radius 3 is 1.00 bits per heavy atom. The van der Waals surface area contributed by atoms with Crippen molar-refractivity contribution >= 4 is 129 Å². The van der Waals surface area contributed by atoms with Crippen LogP contribution in [0, 0.1) is 0 Å². The first-order valence-corrected chi connectivity index (χ1v) is 0. The Hall–Kier alpha value is 5.32. The molecule has 0 bridgehead atoms. The zero-order valence-electron chi connectivity index (χ0n) is 3.88. The fraction of sp³-hybridized carbons (Fsp3) is 0. The molecule has 0 fully saturated rings. The SMILES string of the molecule is [Ca].[Fe].[K].[Mg].[Se].[Zn]. The molecule has 0 aromatic heterocycles. The summed E-state index contributed by atoms with van der Waals surface area (Å²) in [7, 11) is 0. The van der Waals surface area contributed by atoms with Crippen LogP contribution in [0.15, 0.2) is 0 Å². The van der Waals surface area contributed by atoms with Crippen LogP contribution in [0.3, 0.4) is 0 Å². The van der Waals surface area contributed by atoms with E-state index in [0.717, 1.165) is 0 Å². The van der Waals surface area contributed by atoms with Gasteiger partial charge in [0.15, 0.2) is 0 Å². The van der Waals surface area contributed by atoms with Gasteiger partial charge in [0.2, 0.25) is 0 Å². The van der Waals surface area contributed by atoms with Crippen molar-refractivity contribution in [2.24, 2.45) is 0 Å². The second-order valence-corrected chi connectivity index (χ2v) is 0. The van der Waals surface area contributed by atoms with Crippen molar-refractivity contribution in [3.05, 3.63) is 0 Å². The summed E-state index contributed by atoms with van der Waals surface area (Å²) < 4.78 is 0. The minimum atomic E-state index is 0. The fourth-order valence-electron chi connectivity index (χ4n) is 0. The first kappa shape index (κ1) is 42.6. The summed E-state index contributed by atoms with van der Waals surface area (Å²) in [5, 5.41) is 0. The van der Waals surface area contributed by atoms with Crippen molar-refractivity contribution in [3.8, 4) is 0 Å². The summed E-state index contributed by atoms with van der Waals surface area (Å²) in [6.07, 6.45) is 0. The average Bonchev–Trinajstić information content (AvgIpc) is 0. The maximum absolute atomic E-state index is 0. The smallest absolute Gasteiger partial charge is 0 e. The third-order valence-electron chi connectivity index (χ3n) is 0. The maximum atomic E-state index is 0. The van der Waals surface area contributed by atoms with Crippen LogP contribution in [0.5, 0.6) is 0 Å². The zero-order chi connectivity index (χ0) is 0. The molecule has 0 amide bonds. The first-order chi connectivity index (χ1) is 0. The fourth-order valence-corrected chi connectivity index (χ4v) is 0. The first-order valence-electron chi connectivity index (χ1n) is 0. The van der Waals surface area contributed by atoms with Gasteiger partial charge in [0, 0.05) is 166 Å². The largest absolute Gasteiger partial charge is 0 e. The standard InChI is InChI=1S/Ca.Fe.K.Mg.Se.Zn. The van der Waals surface area contributed by atoms with Gasteiger partial charge in [0.05, 0.1) is 0 Å².